The number of hydrogen-bond acceptors (Lipinski definition) is 1. The van der Waals surface area contributed by atoms with E-state index in [2.05, 4.69) is 83.7 Å². The molecule has 1 aliphatic heterocycles. The van der Waals surface area contributed by atoms with Gasteiger partial charge in [0.25, 0.3) is 0 Å². The molecule has 0 bridgehead atoms. The zero-order valence-electron chi connectivity index (χ0n) is 14.7. The van der Waals surface area contributed by atoms with E-state index >= 15 is 0 Å². The van der Waals surface area contributed by atoms with Crippen LogP contribution in [0.4, 0.5) is 0 Å². The molecule has 0 unspecified atom stereocenters. The maximum Gasteiger partial charge on any atom is 0.237 e. The average molecular weight is 326 g/mol. The van der Waals surface area contributed by atoms with Crippen LogP contribution in [-0.2, 0) is 13.5 Å². The SMILES string of the molecule is Cc1ccc(-c2c3c(c4ccccc4[n+]2C)Cc2nccn2-3)c(C)c1. The second-order valence-corrected chi connectivity index (χ2v) is 6.96. The van der Waals surface area contributed by atoms with E-state index in [9.17, 15) is 0 Å². The molecule has 3 heterocycles. The van der Waals surface area contributed by atoms with Gasteiger partial charge in [-0.1, -0.05) is 29.8 Å². The Morgan fingerprint density at radius 1 is 1.08 bits per heavy atom. The number of imidazole rings is 1. The Morgan fingerprint density at radius 2 is 1.92 bits per heavy atom. The Hall–Kier alpha value is -2.94. The first-order valence-corrected chi connectivity index (χ1v) is 8.69. The van der Waals surface area contributed by atoms with Crippen molar-refractivity contribution in [3.05, 3.63) is 77.4 Å². The molecular weight excluding hydrogens is 306 g/mol. The Bertz CT molecular complexity index is 1150. The summed E-state index contributed by atoms with van der Waals surface area (Å²) in [5.41, 5.74) is 9.08. The quantitative estimate of drug-likeness (QED) is 0.426. The van der Waals surface area contributed by atoms with Crippen LogP contribution in [0.15, 0.2) is 54.9 Å². The van der Waals surface area contributed by atoms with Crippen molar-refractivity contribution in [2.45, 2.75) is 20.3 Å². The second-order valence-electron chi connectivity index (χ2n) is 6.96. The van der Waals surface area contributed by atoms with Crippen LogP contribution in [0.5, 0.6) is 0 Å². The summed E-state index contributed by atoms with van der Waals surface area (Å²) in [6.07, 6.45) is 4.88. The van der Waals surface area contributed by atoms with Crippen molar-refractivity contribution in [2.75, 3.05) is 0 Å². The smallest absolute Gasteiger partial charge is 0.237 e. The van der Waals surface area contributed by atoms with Crippen LogP contribution < -0.4 is 4.57 Å². The molecule has 3 heteroatoms. The van der Waals surface area contributed by atoms with Gasteiger partial charge >= 0.3 is 0 Å². The summed E-state index contributed by atoms with van der Waals surface area (Å²) >= 11 is 0. The van der Waals surface area contributed by atoms with E-state index in [1.165, 1.54) is 44.5 Å². The van der Waals surface area contributed by atoms with Crippen molar-refractivity contribution in [3.8, 4) is 16.9 Å². The van der Waals surface area contributed by atoms with Gasteiger partial charge < -0.3 is 0 Å². The lowest BCUT2D eigenvalue weighted by atomic mass is 9.96. The molecule has 25 heavy (non-hydrogen) atoms. The zero-order valence-corrected chi connectivity index (χ0v) is 14.7. The summed E-state index contributed by atoms with van der Waals surface area (Å²) in [6, 6.07) is 15.4. The Labute approximate surface area is 147 Å². The highest BCUT2D eigenvalue weighted by Gasteiger charge is 2.32. The minimum Gasteiger partial charge on any atom is -0.297 e. The molecule has 0 fully saturated rings. The Balaban J connectivity index is 1.97. The van der Waals surface area contributed by atoms with Gasteiger partial charge in [0, 0.05) is 30.4 Å². The molecular formula is C22H20N3+. The van der Waals surface area contributed by atoms with Gasteiger partial charge in [0.2, 0.25) is 11.2 Å². The average Bonchev–Trinajstić information content (AvgIpc) is 3.18. The maximum atomic E-state index is 4.57. The molecule has 0 radical (unpaired) electrons. The summed E-state index contributed by atoms with van der Waals surface area (Å²) in [4.78, 5) is 4.57. The van der Waals surface area contributed by atoms with E-state index in [4.69, 9.17) is 0 Å². The number of aromatic nitrogens is 3. The maximum absolute atomic E-state index is 4.57. The van der Waals surface area contributed by atoms with Gasteiger partial charge in [0.05, 0.1) is 10.9 Å². The van der Waals surface area contributed by atoms with E-state index in [1.807, 2.05) is 6.20 Å². The summed E-state index contributed by atoms with van der Waals surface area (Å²) < 4.78 is 4.59. The predicted molar refractivity (Wildman–Crippen MR) is 100.0 cm³/mol. The van der Waals surface area contributed by atoms with Crippen molar-refractivity contribution >= 4 is 10.9 Å². The van der Waals surface area contributed by atoms with Gasteiger partial charge in [0.15, 0.2) is 0 Å². The first-order chi connectivity index (χ1) is 12.1. The molecule has 0 aliphatic carbocycles. The van der Waals surface area contributed by atoms with E-state index in [1.54, 1.807) is 0 Å². The molecule has 0 spiro atoms. The summed E-state index contributed by atoms with van der Waals surface area (Å²) in [5, 5.41) is 1.32. The monoisotopic (exact) mass is 326 g/mol. The molecule has 0 saturated heterocycles. The Kier molecular flexibility index (Phi) is 2.90. The molecule has 5 rings (SSSR count). The van der Waals surface area contributed by atoms with Crippen LogP contribution >= 0.6 is 0 Å². The summed E-state index contributed by atoms with van der Waals surface area (Å²) in [7, 11) is 2.17. The van der Waals surface area contributed by atoms with Gasteiger partial charge in [-0.3, -0.25) is 4.57 Å². The molecule has 2 aromatic heterocycles. The third-order valence-corrected chi connectivity index (χ3v) is 5.37. The lowest BCUT2D eigenvalue weighted by Crippen LogP contribution is -2.34. The van der Waals surface area contributed by atoms with Gasteiger partial charge in [-0.15, -0.1) is 0 Å². The first-order valence-electron chi connectivity index (χ1n) is 8.69. The van der Waals surface area contributed by atoms with Crippen molar-refractivity contribution in [2.24, 2.45) is 7.05 Å². The van der Waals surface area contributed by atoms with Crippen molar-refractivity contribution in [3.63, 3.8) is 0 Å². The topological polar surface area (TPSA) is 21.7 Å². The number of nitrogens with zero attached hydrogens (tertiary/aromatic N) is 3. The minimum atomic E-state index is 0.890. The normalized spacial score (nSPS) is 12.4. The van der Waals surface area contributed by atoms with E-state index in [0.717, 1.165) is 12.2 Å². The van der Waals surface area contributed by atoms with E-state index < -0.39 is 0 Å². The number of rotatable bonds is 1. The number of benzene rings is 2. The lowest BCUT2D eigenvalue weighted by molar-refractivity contribution is -0.633. The van der Waals surface area contributed by atoms with Crippen molar-refractivity contribution < 1.29 is 4.57 Å². The number of para-hydroxylation sites is 1. The molecule has 3 nitrogen and oxygen atoms in total. The first kappa shape index (κ1) is 14.4. The highest BCUT2D eigenvalue weighted by molar-refractivity contribution is 5.89. The van der Waals surface area contributed by atoms with Crippen LogP contribution in [0.3, 0.4) is 0 Å². The fourth-order valence-electron chi connectivity index (χ4n) is 4.22. The van der Waals surface area contributed by atoms with Crippen LogP contribution in [0.1, 0.15) is 22.5 Å². The van der Waals surface area contributed by atoms with Crippen molar-refractivity contribution in [1.29, 1.82) is 0 Å². The minimum absolute atomic E-state index is 0.890. The van der Waals surface area contributed by atoms with Crippen LogP contribution in [0, 0.1) is 13.8 Å². The van der Waals surface area contributed by atoms with Gasteiger partial charge in [-0.25, -0.2) is 4.98 Å². The highest BCUT2D eigenvalue weighted by Crippen LogP contribution is 2.38. The third-order valence-electron chi connectivity index (χ3n) is 5.37. The number of pyridine rings is 1. The standard InChI is InChI=1S/C22H20N3/c1-14-8-9-16(15(2)12-14)21-22-18(13-20-23-10-11-25(20)22)17-6-4-5-7-19(17)24(21)3/h4-12H,13H2,1-3H3/q+1. The van der Waals surface area contributed by atoms with Crippen molar-refractivity contribution in [1.82, 2.24) is 9.55 Å². The van der Waals surface area contributed by atoms with Crippen LogP contribution in [-0.4, -0.2) is 9.55 Å². The third kappa shape index (κ3) is 1.92. The number of fused-ring (bicyclic) bond motifs is 5. The van der Waals surface area contributed by atoms with E-state index in [0.29, 0.717) is 0 Å². The predicted octanol–water partition coefficient (Wildman–Crippen LogP) is 4.04. The van der Waals surface area contributed by atoms with Gasteiger partial charge in [-0.05, 0) is 31.5 Å². The second kappa shape index (κ2) is 5.03. The molecule has 0 atom stereocenters. The fraction of sp³-hybridized carbons (Fsp3) is 0.182. The fourth-order valence-corrected chi connectivity index (χ4v) is 4.22. The summed E-state index contributed by atoms with van der Waals surface area (Å²) in [5.74, 6) is 1.12. The molecule has 0 N–H and O–H groups in total. The summed E-state index contributed by atoms with van der Waals surface area (Å²) in [6.45, 7) is 4.35. The van der Waals surface area contributed by atoms with E-state index in [-0.39, 0.29) is 0 Å². The number of hydrogen-bond donors (Lipinski definition) is 0. The highest BCUT2D eigenvalue weighted by atomic mass is 15.1. The zero-order chi connectivity index (χ0) is 17.1. The Morgan fingerprint density at radius 3 is 2.76 bits per heavy atom. The molecule has 2 aromatic carbocycles. The van der Waals surface area contributed by atoms with Gasteiger partial charge in [0.1, 0.15) is 18.6 Å². The number of aryl methyl sites for hydroxylation is 3. The van der Waals surface area contributed by atoms with Crippen LogP contribution in [0.2, 0.25) is 0 Å². The van der Waals surface area contributed by atoms with Crippen LogP contribution in [0.25, 0.3) is 27.8 Å². The molecule has 1 aliphatic rings. The largest absolute Gasteiger partial charge is 0.297 e. The molecule has 122 valence electrons. The molecule has 0 saturated carbocycles. The lowest BCUT2D eigenvalue weighted by Gasteiger charge is -2.13. The molecule has 4 aromatic rings. The molecule has 0 amide bonds. The van der Waals surface area contributed by atoms with Gasteiger partial charge in [-0.2, -0.15) is 4.57 Å².